The summed E-state index contributed by atoms with van der Waals surface area (Å²) in [7, 11) is 3.62. The predicted octanol–water partition coefficient (Wildman–Crippen LogP) is 2.97. The van der Waals surface area contributed by atoms with Gasteiger partial charge in [-0.05, 0) is 41.3 Å². The van der Waals surface area contributed by atoms with Gasteiger partial charge < -0.3 is 15.4 Å². The minimum Gasteiger partial charge on any atom is -0.490 e. The number of fused-ring (bicyclic) bond motifs is 1. The third-order valence-electron chi connectivity index (χ3n) is 4.10. The lowest BCUT2D eigenvalue weighted by molar-refractivity contribution is 0.254. The van der Waals surface area contributed by atoms with E-state index >= 15 is 0 Å². The minimum absolute atomic E-state index is 0.287. The Morgan fingerprint density at radius 3 is 2.61 bits per heavy atom. The number of ether oxygens (including phenoxy) is 1. The number of aliphatic imine (C=N–C) groups is 1. The van der Waals surface area contributed by atoms with Crippen molar-refractivity contribution in [3.05, 3.63) is 53.6 Å². The smallest absolute Gasteiger partial charge is 0.190 e. The van der Waals surface area contributed by atoms with Crippen molar-refractivity contribution in [3.8, 4) is 16.9 Å². The van der Waals surface area contributed by atoms with Gasteiger partial charge in [-0.25, -0.2) is 0 Å². The topological polar surface area (TPSA) is 45.7 Å². The highest BCUT2D eigenvalue weighted by molar-refractivity contribution is 5.79. The van der Waals surface area contributed by atoms with Crippen LogP contribution in [0.1, 0.15) is 18.1 Å². The first kappa shape index (κ1) is 15.4. The molecule has 1 atom stereocenters. The number of benzene rings is 2. The van der Waals surface area contributed by atoms with Crippen molar-refractivity contribution < 1.29 is 4.74 Å². The standard InChI is InChI=1S/C19H23N3O/c1-13-10-17-11-16(8-9-18(17)23-13)15-6-4-14(5-7-15)12-22-19(20-2)21-3/h4-9,11,13H,10,12H2,1-3H3,(H2,20,21,22). The molecule has 0 fully saturated rings. The maximum absolute atomic E-state index is 5.77. The van der Waals surface area contributed by atoms with Crippen LogP contribution in [0.2, 0.25) is 0 Å². The monoisotopic (exact) mass is 309 g/mol. The fourth-order valence-electron chi connectivity index (χ4n) is 2.88. The Hall–Kier alpha value is -2.49. The molecule has 1 heterocycles. The first-order valence-electron chi connectivity index (χ1n) is 7.97. The van der Waals surface area contributed by atoms with Crippen LogP contribution >= 0.6 is 0 Å². The van der Waals surface area contributed by atoms with Crippen LogP contribution in [-0.4, -0.2) is 26.2 Å². The number of nitrogens with zero attached hydrogens (tertiary/aromatic N) is 1. The van der Waals surface area contributed by atoms with Crippen LogP contribution in [-0.2, 0) is 13.0 Å². The van der Waals surface area contributed by atoms with Crippen LogP contribution in [0.5, 0.6) is 5.75 Å². The zero-order valence-electron chi connectivity index (χ0n) is 13.9. The fraction of sp³-hybridized carbons (Fsp3) is 0.316. The maximum atomic E-state index is 5.77. The lowest BCUT2D eigenvalue weighted by Gasteiger charge is -2.09. The molecule has 0 amide bonds. The molecule has 1 unspecified atom stereocenters. The van der Waals surface area contributed by atoms with Crippen molar-refractivity contribution in [1.29, 1.82) is 0 Å². The summed E-state index contributed by atoms with van der Waals surface area (Å²) >= 11 is 0. The highest BCUT2D eigenvalue weighted by Gasteiger charge is 2.19. The van der Waals surface area contributed by atoms with Crippen molar-refractivity contribution in [1.82, 2.24) is 10.6 Å². The number of hydrogen-bond donors (Lipinski definition) is 2. The highest BCUT2D eigenvalue weighted by atomic mass is 16.5. The normalized spacial score (nSPS) is 16.7. The highest BCUT2D eigenvalue weighted by Crippen LogP contribution is 2.32. The number of hydrogen-bond acceptors (Lipinski definition) is 2. The van der Waals surface area contributed by atoms with Gasteiger partial charge in [0.15, 0.2) is 5.96 Å². The molecule has 0 bridgehead atoms. The van der Waals surface area contributed by atoms with Crippen LogP contribution in [0.25, 0.3) is 11.1 Å². The Kier molecular flexibility index (Phi) is 4.51. The summed E-state index contributed by atoms with van der Waals surface area (Å²) < 4.78 is 5.77. The van der Waals surface area contributed by atoms with E-state index in [1.165, 1.54) is 22.3 Å². The van der Waals surface area contributed by atoms with Crippen LogP contribution in [0.15, 0.2) is 47.5 Å². The van der Waals surface area contributed by atoms with Crippen molar-refractivity contribution in [3.63, 3.8) is 0 Å². The molecule has 2 N–H and O–H groups in total. The van der Waals surface area contributed by atoms with E-state index in [1.54, 1.807) is 7.05 Å². The van der Waals surface area contributed by atoms with Gasteiger partial charge in [-0.1, -0.05) is 30.3 Å². The summed E-state index contributed by atoms with van der Waals surface area (Å²) in [4.78, 5) is 4.11. The van der Waals surface area contributed by atoms with E-state index in [0.29, 0.717) is 0 Å². The minimum atomic E-state index is 0.287. The molecule has 2 aromatic rings. The summed E-state index contributed by atoms with van der Waals surface area (Å²) in [6.07, 6.45) is 1.28. The van der Waals surface area contributed by atoms with Crippen molar-refractivity contribution in [2.75, 3.05) is 14.1 Å². The number of nitrogens with one attached hydrogen (secondary N) is 2. The Balaban J connectivity index is 1.71. The van der Waals surface area contributed by atoms with Gasteiger partial charge in [0, 0.05) is 27.1 Å². The molecular weight excluding hydrogens is 286 g/mol. The van der Waals surface area contributed by atoms with Crippen molar-refractivity contribution in [2.45, 2.75) is 26.0 Å². The van der Waals surface area contributed by atoms with Gasteiger partial charge in [-0.2, -0.15) is 0 Å². The van der Waals surface area contributed by atoms with Crippen molar-refractivity contribution in [2.24, 2.45) is 4.99 Å². The van der Waals surface area contributed by atoms with Gasteiger partial charge in [0.05, 0.1) is 0 Å². The van der Waals surface area contributed by atoms with E-state index in [-0.39, 0.29) is 6.10 Å². The van der Waals surface area contributed by atoms with Gasteiger partial charge in [0.1, 0.15) is 11.9 Å². The molecule has 3 rings (SSSR count). The van der Waals surface area contributed by atoms with Crippen LogP contribution < -0.4 is 15.4 Å². The average molecular weight is 309 g/mol. The van der Waals surface area contributed by atoms with Gasteiger partial charge in [-0.3, -0.25) is 4.99 Å². The second-order valence-electron chi connectivity index (χ2n) is 5.83. The first-order chi connectivity index (χ1) is 11.2. The molecule has 0 saturated carbocycles. The third-order valence-corrected chi connectivity index (χ3v) is 4.10. The zero-order valence-corrected chi connectivity index (χ0v) is 13.9. The summed E-state index contributed by atoms with van der Waals surface area (Å²) in [5, 5.41) is 6.27. The largest absolute Gasteiger partial charge is 0.490 e. The molecule has 0 spiro atoms. The quantitative estimate of drug-likeness (QED) is 0.677. The first-order valence-corrected chi connectivity index (χ1v) is 7.97. The number of rotatable bonds is 3. The molecule has 4 heteroatoms. The summed E-state index contributed by atoms with van der Waals surface area (Å²) in [5.41, 5.74) is 5.00. The van der Waals surface area contributed by atoms with E-state index in [9.17, 15) is 0 Å². The molecule has 0 aromatic heterocycles. The molecule has 2 aromatic carbocycles. The van der Waals surface area contributed by atoms with E-state index in [1.807, 2.05) is 7.05 Å². The molecule has 23 heavy (non-hydrogen) atoms. The lowest BCUT2D eigenvalue weighted by atomic mass is 10.00. The average Bonchev–Trinajstić information content (AvgIpc) is 2.95. The summed E-state index contributed by atoms with van der Waals surface area (Å²) in [6.45, 7) is 2.86. The second-order valence-corrected chi connectivity index (χ2v) is 5.83. The molecule has 1 aliphatic rings. The molecule has 1 aliphatic heterocycles. The van der Waals surface area contributed by atoms with Gasteiger partial charge in [0.2, 0.25) is 0 Å². The summed E-state index contributed by atoms with van der Waals surface area (Å²) in [6, 6.07) is 15.1. The maximum Gasteiger partial charge on any atom is 0.190 e. The van der Waals surface area contributed by atoms with Crippen molar-refractivity contribution >= 4 is 5.96 Å². The molecular formula is C19H23N3O. The van der Waals surface area contributed by atoms with Gasteiger partial charge in [0.25, 0.3) is 0 Å². The van der Waals surface area contributed by atoms with E-state index in [2.05, 4.69) is 65.0 Å². The molecule has 4 nitrogen and oxygen atoms in total. The second kappa shape index (κ2) is 6.73. The lowest BCUT2D eigenvalue weighted by Crippen LogP contribution is -2.34. The SMILES string of the molecule is CN=C(NC)NCc1ccc(-c2ccc3c(c2)CC(C)O3)cc1. The van der Waals surface area contributed by atoms with Crippen LogP contribution in [0, 0.1) is 0 Å². The Bertz CT molecular complexity index is 707. The Morgan fingerprint density at radius 1 is 1.17 bits per heavy atom. The Morgan fingerprint density at radius 2 is 1.91 bits per heavy atom. The van der Waals surface area contributed by atoms with E-state index in [0.717, 1.165) is 24.7 Å². The van der Waals surface area contributed by atoms with Gasteiger partial charge >= 0.3 is 0 Å². The van der Waals surface area contributed by atoms with Crippen LogP contribution in [0.3, 0.4) is 0 Å². The molecule has 0 aliphatic carbocycles. The molecule has 120 valence electrons. The van der Waals surface area contributed by atoms with Crippen LogP contribution in [0.4, 0.5) is 0 Å². The summed E-state index contributed by atoms with van der Waals surface area (Å²) in [5.74, 6) is 1.82. The van der Waals surface area contributed by atoms with E-state index < -0.39 is 0 Å². The molecule has 0 radical (unpaired) electrons. The number of guanidine groups is 1. The Labute approximate surface area is 137 Å². The van der Waals surface area contributed by atoms with E-state index in [4.69, 9.17) is 4.74 Å². The fourth-order valence-corrected chi connectivity index (χ4v) is 2.88. The molecule has 0 saturated heterocycles. The zero-order chi connectivity index (χ0) is 16.2. The van der Waals surface area contributed by atoms with Gasteiger partial charge in [-0.15, -0.1) is 0 Å². The third kappa shape index (κ3) is 3.47. The predicted molar refractivity (Wildman–Crippen MR) is 94.9 cm³/mol.